The molecule has 4 fully saturated rings. The summed E-state index contributed by atoms with van der Waals surface area (Å²) in [6.07, 6.45) is 7.64. The lowest BCUT2D eigenvalue weighted by Gasteiger charge is -2.59. The predicted molar refractivity (Wildman–Crippen MR) is 88.2 cm³/mol. The van der Waals surface area contributed by atoms with E-state index in [1.807, 2.05) is 6.07 Å². The van der Waals surface area contributed by atoms with E-state index in [2.05, 4.69) is 23.1 Å². The summed E-state index contributed by atoms with van der Waals surface area (Å²) in [7, 11) is 0. The second kappa shape index (κ2) is 4.29. The third-order valence-corrected chi connectivity index (χ3v) is 7.02. The van der Waals surface area contributed by atoms with E-state index in [0.29, 0.717) is 17.7 Å². The zero-order valence-corrected chi connectivity index (χ0v) is 13.6. The first kappa shape index (κ1) is 13.4. The highest BCUT2D eigenvalue weighted by Gasteiger charge is 2.61. The molecule has 0 unspecified atom stereocenters. The fourth-order valence-electron chi connectivity index (χ4n) is 6.24. The average molecular weight is 316 g/mol. The lowest BCUT2D eigenvalue weighted by Crippen LogP contribution is -2.59. The molecule has 4 aliphatic carbocycles. The average Bonchev–Trinajstić information content (AvgIpc) is 2.87. The number of anilines is 1. The summed E-state index contributed by atoms with van der Waals surface area (Å²) >= 11 is 6.90. The van der Waals surface area contributed by atoms with Crippen LogP contribution in [0.2, 0.25) is 0 Å². The Bertz CT molecular complexity index is 641. The molecule has 4 saturated carbocycles. The van der Waals surface area contributed by atoms with Crippen molar-refractivity contribution in [1.82, 2.24) is 0 Å². The van der Waals surface area contributed by atoms with E-state index in [-0.39, 0.29) is 10.3 Å². The summed E-state index contributed by atoms with van der Waals surface area (Å²) in [5.41, 5.74) is 2.30. The molecule has 5 aliphatic rings. The highest BCUT2D eigenvalue weighted by atomic mass is 35.5. The van der Waals surface area contributed by atoms with E-state index in [0.717, 1.165) is 50.8 Å². The molecule has 0 saturated heterocycles. The quantitative estimate of drug-likeness (QED) is 0.713. The maximum atomic E-state index is 13.5. The van der Waals surface area contributed by atoms with Crippen molar-refractivity contribution in [3.8, 4) is 0 Å². The normalized spacial score (nSPS) is 41.8. The first-order valence-corrected chi connectivity index (χ1v) is 9.04. The van der Waals surface area contributed by atoms with E-state index in [1.165, 1.54) is 12.0 Å². The summed E-state index contributed by atoms with van der Waals surface area (Å²) in [6, 6.07) is 8.39. The van der Waals surface area contributed by atoms with E-state index >= 15 is 0 Å². The first-order chi connectivity index (χ1) is 10.6. The van der Waals surface area contributed by atoms with Crippen LogP contribution < -0.4 is 4.90 Å². The molecular weight excluding hydrogens is 294 g/mol. The van der Waals surface area contributed by atoms with Crippen LogP contribution in [0.5, 0.6) is 0 Å². The number of amides is 1. The van der Waals surface area contributed by atoms with Gasteiger partial charge in [-0.25, -0.2) is 0 Å². The Morgan fingerprint density at radius 2 is 1.86 bits per heavy atom. The number of nitrogens with zero attached hydrogens (tertiary/aromatic N) is 1. The molecule has 0 radical (unpaired) electrons. The van der Waals surface area contributed by atoms with E-state index in [1.54, 1.807) is 0 Å². The van der Waals surface area contributed by atoms with E-state index < -0.39 is 0 Å². The number of para-hydroxylation sites is 1. The fraction of sp³-hybridized carbons (Fsp3) is 0.632. The SMILES string of the molecule is O=C(N1CCc2ccccc21)C12C[C@H]3C[C@@H](CC(Cl)(C3)C1)C2. The molecule has 116 valence electrons. The number of halogens is 1. The van der Waals surface area contributed by atoms with Crippen molar-refractivity contribution in [2.45, 2.75) is 49.8 Å². The molecule has 6 rings (SSSR count). The van der Waals surface area contributed by atoms with Crippen LogP contribution in [0, 0.1) is 17.3 Å². The highest BCUT2D eigenvalue weighted by Crippen LogP contribution is 2.64. The third kappa shape index (κ3) is 1.76. The molecular formula is C19H22ClNO. The summed E-state index contributed by atoms with van der Waals surface area (Å²) in [5.74, 6) is 1.73. The predicted octanol–water partition coefficient (Wildman–Crippen LogP) is 4.15. The monoisotopic (exact) mass is 315 g/mol. The maximum absolute atomic E-state index is 13.5. The molecule has 2 nitrogen and oxygen atoms in total. The van der Waals surface area contributed by atoms with E-state index in [9.17, 15) is 4.79 Å². The molecule has 22 heavy (non-hydrogen) atoms. The van der Waals surface area contributed by atoms with Gasteiger partial charge in [0.25, 0.3) is 0 Å². The minimum atomic E-state index is -0.163. The van der Waals surface area contributed by atoms with Crippen LogP contribution in [-0.4, -0.2) is 17.3 Å². The number of alkyl halides is 1. The van der Waals surface area contributed by atoms with Crippen LogP contribution >= 0.6 is 11.6 Å². The number of fused-ring (bicyclic) bond motifs is 1. The van der Waals surface area contributed by atoms with Crippen LogP contribution in [0.15, 0.2) is 24.3 Å². The van der Waals surface area contributed by atoms with Crippen LogP contribution in [0.1, 0.15) is 44.1 Å². The molecule has 3 heteroatoms. The van der Waals surface area contributed by atoms with Gasteiger partial charge in [0.2, 0.25) is 5.91 Å². The summed E-state index contributed by atoms with van der Waals surface area (Å²) in [5, 5.41) is 0. The minimum absolute atomic E-state index is 0.0843. The highest BCUT2D eigenvalue weighted by molar-refractivity contribution is 6.24. The van der Waals surface area contributed by atoms with Gasteiger partial charge >= 0.3 is 0 Å². The summed E-state index contributed by atoms with van der Waals surface area (Å²) in [6.45, 7) is 0.852. The van der Waals surface area contributed by atoms with Crippen molar-refractivity contribution in [1.29, 1.82) is 0 Å². The molecule has 0 N–H and O–H groups in total. The third-order valence-electron chi connectivity index (χ3n) is 6.58. The molecule has 1 aliphatic heterocycles. The van der Waals surface area contributed by atoms with Crippen molar-refractivity contribution >= 4 is 23.2 Å². The number of hydrogen-bond donors (Lipinski definition) is 0. The van der Waals surface area contributed by atoms with Crippen molar-refractivity contribution in [3.05, 3.63) is 29.8 Å². The Hall–Kier alpha value is -1.02. The van der Waals surface area contributed by atoms with Crippen molar-refractivity contribution < 1.29 is 4.79 Å². The van der Waals surface area contributed by atoms with Gasteiger partial charge in [-0.1, -0.05) is 18.2 Å². The summed E-state index contributed by atoms with van der Waals surface area (Å²) in [4.78, 5) is 15.5. The molecule has 0 spiro atoms. The number of hydrogen-bond acceptors (Lipinski definition) is 1. The van der Waals surface area contributed by atoms with E-state index in [4.69, 9.17) is 11.6 Å². The minimum Gasteiger partial charge on any atom is -0.311 e. The standard InChI is InChI=1S/C19H22ClNO/c20-19-10-13-7-14(11-19)9-18(8-13,12-19)17(22)21-6-5-15-3-1-2-4-16(15)21/h1-4,13-14H,5-12H2/t13-,14-,18?,19?/m1/s1. The topological polar surface area (TPSA) is 20.3 Å². The number of carbonyl (C=O) groups excluding carboxylic acids is 1. The van der Waals surface area contributed by atoms with Crippen molar-refractivity contribution in [2.24, 2.45) is 17.3 Å². The van der Waals surface area contributed by atoms with Gasteiger partial charge in [-0.15, -0.1) is 11.6 Å². The van der Waals surface area contributed by atoms with Gasteiger partial charge in [0.15, 0.2) is 0 Å². The van der Waals surface area contributed by atoms with Crippen LogP contribution in [0.25, 0.3) is 0 Å². The molecule has 4 bridgehead atoms. The second-order valence-corrected chi connectivity index (χ2v) is 9.03. The molecule has 2 atom stereocenters. The lowest BCUT2D eigenvalue weighted by atomic mass is 9.49. The first-order valence-electron chi connectivity index (χ1n) is 8.66. The number of carbonyl (C=O) groups is 1. The van der Waals surface area contributed by atoms with Gasteiger partial charge in [0, 0.05) is 17.1 Å². The maximum Gasteiger partial charge on any atom is 0.233 e. The zero-order valence-electron chi connectivity index (χ0n) is 12.9. The van der Waals surface area contributed by atoms with Gasteiger partial charge in [0.05, 0.1) is 5.41 Å². The molecule has 0 aromatic heterocycles. The second-order valence-electron chi connectivity index (χ2n) is 8.23. The molecule has 1 amide bonds. The van der Waals surface area contributed by atoms with Gasteiger partial charge in [-0.05, 0) is 68.4 Å². The molecule has 1 aromatic rings. The smallest absolute Gasteiger partial charge is 0.233 e. The van der Waals surface area contributed by atoms with Crippen molar-refractivity contribution in [3.63, 3.8) is 0 Å². The lowest BCUT2D eigenvalue weighted by molar-refractivity contribution is -0.141. The van der Waals surface area contributed by atoms with Crippen LogP contribution in [-0.2, 0) is 11.2 Å². The number of benzene rings is 1. The molecule has 1 heterocycles. The Balaban J connectivity index is 1.51. The van der Waals surface area contributed by atoms with Gasteiger partial charge in [-0.3, -0.25) is 4.79 Å². The van der Waals surface area contributed by atoms with Crippen LogP contribution in [0.4, 0.5) is 5.69 Å². The number of rotatable bonds is 1. The van der Waals surface area contributed by atoms with Gasteiger partial charge in [0.1, 0.15) is 0 Å². The Morgan fingerprint density at radius 1 is 1.14 bits per heavy atom. The molecule has 1 aromatic carbocycles. The van der Waals surface area contributed by atoms with Gasteiger partial charge in [-0.2, -0.15) is 0 Å². The Kier molecular flexibility index (Phi) is 2.61. The van der Waals surface area contributed by atoms with Crippen molar-refractivity contribution in [2.75, 3.05) is 11.4 Å². The van der Waals surface area contributed by atoms with Gasteiger partial charge < -0.3 is 4.90 Å². The fourth-order valence-corrected chi connectivity index (χ4v) is 6.93. The Morgan fingerprint density at radius 3 is 2.59 bits per heavy atom. The Labute approximate surface area is 136 Å². The zero-order chi connectivity index (χ0) is 14.9. The summed E-state index contributed by atoms with van der Waals surface area (Å²) < 4.78 is 0. The van der Waals surface area contributed by atoms with Crippen LogP contribution in [0.3, 0.4) is 0 Å². The largest absolute Gasteiger partial charge is 0.311 e.